The number of rotatable bonds is 5. The third-order valence-electron chi connectivity index (χ3n) is 9.68. The van der Waals surface area contributed by atoms with Crippen LogP contribution < -0.4 is 4.90 Å². The fourth-order valence-electron chi connectivity index (χ4n) is 7.36. The molecule has 0 saturated heterocycles. The monoisotopic (exact) mass is 604 g/mol. The summed E-state index contributed by atoms with van der Waals surface area (Å²) in [5.74, 6) is 0.622. The Morgan fingerprint density at radius 2 is 1.21 bits per heavy atom. The zero-order valence-electron chi connectivity index (χ0n) is 26.3. The van der Waals surface area contributed by atoms with Crippen LogP contribution in [-0.2, 0) is 5.41 Å². The van der Waals surface area contributed by atoms with Crippen LogP contribution in [0.25, 0.3) is 55.6 Å². The minimum absolute atomic E-state index is 0.0668. The van der Waals surface area contributed by atoms with Crippen molar-refractivity contribution in [2.75, 3.05) is 4.90 Å². The highest BCUT2D eigenvalue weighted by molar-refractivity contribution is 6.13. The van der Waals surface area contributed by atoms with Crippen molar-refractivity contribution >= 4 is 38.9 Å². The van der Waals surface area contributed by atoms with E-state index >= 15 is 0 Å². The van der Waals surface area contributed by atoms with Gasteiger partial charge in [0.1, 0.15) is 5.52 Å². The molecule has 1 aliphatic rings. The van der Waals surface area contributed by atoms with Gasteiger partial charge in [-0.25, -0.2) is 4.98 Å². The number of hydrogen-bond donors (Lipinski definition) is 0. The minimum atomic E-state index is -0.0668. The van der Waals surface area contributed by atoms with Gasteiger partial charge in [-0.2, -0.15) is 0 Å². The summed E-state index contributed by atoms with van der Waals surface area (Å²) in [5, 5.41) is 2.17. The number of benzene rings is 7. The molecule has 8 aromatic rings. The van der Waals surface area contributed by atoms with E-state index in [1.165, 1.54) is 33.4 Å². The van der Waals surface area contributed by atoms with Crippen molar-refractivity contribution in [3.63, 3.8) is 0 Å². The van der Waals surface area contributed by atoms with E-state index in [2.05, 4.69) is 140 Å². The van der Waals surface area contributed by atoms with Crippen molar-refractivity contribution in [1.82, 2.24) is 4.98 Å². The molecule has 0 atom stereocenters. The Morgan fingerprint density at radius 1 is 0.532 bits per heavy atom. The van der Waals surface area contributed by atoms with Gasteiger partial charge in [-0.05, 0) is 87.3 Å². The van der Waals surface area contributed by atoms with Crippen LogP contribution in [0, 0.1) is 0 Å². The van der Waals surface area contributed by atoms with Gasteiger partial charge >= 0.3 is 0 Å². The first-order valence-electron chi connectivity index (χ1n) is 16.1. The summed E-state index contributed by atoms with van der Waals surface area (Å²) in [5.41, 5.74) is 13.4. The summed E-state index contributed by atoms with van der Waals surface area (Å²) in [4.78, 5) is 7.51. The van der Waals surface area contributed by atoms with E-state index in [0.717, 1.165) is 44.5 Å². The molecule has 7 aromatic carbocycles. The van der Waals surface area contributed by atoms with E-state index in [0.29, 0.717) is 5.89 Å². The lowest BCUT2D eigenvalue weighted by molar-refractivity contribution is 0.620. The molecule has 0 bridgehead atoms. The average molecular weight is 605 g/mol. The maximum absolute atomic E-state index is 6.38. The molecule has 1 aromatic heterocycles. The second-order valence-electron chi connectivity index (χ2n) is 12.8. The van der Waals surface area contributed by atoms with Crippen molar-refractivity contribution < 1.29 is 4.42 Å². The Hall–Kier alpha value is -5.93. The normalized spacial score (nSPS) is 13.1. The molecule has 0 N–H and O–H groups in total. The van der Waals surface area contributed by atoms with Crippen LogP contribution >= 0.6 is 0 Å². The first-order valence-corrected chi connectivity index (χ1v) is 16.1. The molecule has 3 nitrogen and oxygen atoms in total. The molecular formula is C44H32N2O. The van der Waals surface area contributed by atoms with Gasteiger partial charge in [-0.3, -0.25) is 0 Å². The summed E-state index contributed by atoms with van der Waals surface area (Å²) in [6.07, 6.45) is 0. The van der Waals surface area contributed by atoms with E-state index in [9.17, 15) is 0 Å². The molecule has 224 valence electrons. The number of hydrogen-bond acceptors (Lipinski definition) is 3. The number of fused-ring (bicyclic) bond motifs is 6. The quantitative estimate of drug-likeness (QED) is 0.196. The molecule has 1 aliphatic carbocycles. The van der Waals surface area contributed by atoms with E-state index in [1.807, 2.05) is 36.4 Å². The van der Waals surface area contributed by atoms with Crippen LogP contribution in [0.3, 0.4) is 0 Å². The molecule has 1 heterocycles. The zero-order chi connectivity index (χ0) is 31.5. The highest BCUT2D eigenvalue weighted by Gasteiger charge is 2.35. The molecule has 0 radical (unpaired) electrons. The lowest BCUT2D eigenvalue weighted by Gasteiger charge is -2.28. The highest BCUT2D eigenvalue weighted by atomic mass is 16.3. The lowest BCUT2D eigenvalue weighted by Crippen LogP contribution is -2.15. The largest absolute Gasteiger partial charge is 0.436 e. The highest BCUT2D eigenvalue weighted by Crippen LogP contribution is 2.51. The predicted octanol–water partition coefficient (Wildman–Crippen LogP) is 12.1. The van der Waals surface area contributed by atoms with Crippen LogP contribution in [0.4, 0.5) is 17.1 Å². The average Bonchev–Trinajstić information content (AvgIpc) is 3.66. The number of oxazole rings is 1. The topological polar surface area (TPSA) is 29.3 Å². The molecule has 47 heavy (non-hydrogen) atoms. The summed E-state index contributed by atoms with van der Waals surface area (Å²) in [6, 6.07) is 56.0. The second-order valence-corrected chi connectivity index (χ2v) is 12.8. The van der Waals surface area contributed by atoms with Crippen molar-refractivity contribution in [1.29, 1.82) is 0 Å². The van der Waals surface area contributed by atoms with E-state index in [-0.39, 0.29) is 5.41 Å². The van der Waals surface area contributed by atoms with Crippen LogP contribution in [0.2, 0.25) is 0 Å². The fraction of sp³-hybridized carbons (Fsp3) is 0.0682. The Bertz CT molecular complexity index is 2440. The molecule has 0 aliphatic heterocycles. The van der Waals surface area contributed by atoms with Gasteiger partial charge in [0.2, 0.25) is 5.89 Å². The zero-order valence-corrected chi connectivity index (χ0v) is 26.3. The summed E-state index contributed by atoms with van der Waals surface area (Å²) in [7, 11) is 0. The molecule has 0 unspecified atom stereocenters. The molecule has 3 heteroatoms. The van der Waals surface area contributed by atoms with E-state index < -0.39 is 0 Å². The van der Waals surface area contributed by atoms with Gasteiger partial charge in [0.05, 0.1) is 5.69 Å². The first kappa shape index (κ1) is 27.4. The van der Waals surface area contributed by atoms with Crippen LogP contribution in [-0.4, -0.2) is 4.98 Å². The molecule has 0 fully saturated rings. The summed E-state index contributed by atoms with van der Waals surface area (Å²) < 4.78 is 6.38. The maximum Gasteiger partial charge on any atom is 0.227 e. The smallest absolute Gasteiger partial charge is 0.227 e. The SMILES string of the molecule is CC1(C)c2ccccc2-c2cc(N(c3cccc(-c4ccccc4)c3)c3cccc4ccc5oc(-c6ccccc6)nc5c34)ccc21. The van der Waals surface area contributed by atoms with Gasteiger partial charge in [-0.15, -0.1) is 0 Å². The van der Waals surface area contributed by atoms with Crippen LogP contribution in [0.1, 0.15) is 25.0 Å². The Balaban J connectivity index is 1.31. The predicted molar refractivity (Wildman–Crippen MR) is 195 cm³/mol. The van der Waals surface area contributed by atoms with Gasteiger partial charge in [0.15, 0.2) is 5.58 Å². The van der Waals surface area contributed by atoms with Crippen molar-refractivity contribution in [2.24, 2.45) is 0 Å². The van der Waals surface area contributed by atoms with Crippen molar-refractivity contribution in [3.8, 4) is 33.7 Å². The summed E-state index contributed by atoms with van der Waals surface area (Å²) in [6.45, 7) is 4.66. The van der Waals surface area contributed by atoms with Crippen LogP contribution in [0.5, 0.6) is 0 Å². The molecule has 9 rings (SSSR count). The number of aromatic nitrogens is 1. The van der Waals surface area contributed by atoms with E-state index in [1.54, 1.807) is 0 Å². The number of anilines is 3. The third-order valence-corrected chi connectivity index (χ3v) is 9.68. The van der Waals surface area contributed by atoms with Gasteiger partial charge in [0, 0.05) is 27.7 Å². The standard InChI is InChI=1S/C44H32N2O/c1-44(2)37-21-10-9-20-35(37)36-28-34(24-25-38(36)44)46(33-19-11-18-32(27-33)29-13-5-3-6-14-29)39-22-12-17-30-23-26-40-42(41(30)39)45-43(47-40)31-15-7-4-8-16-31/h3-28H,1-2H3. The van der Waals surface area contributed by atoms with Gasteiger partial charge in [-0.1, -0.05) is 123 Å². The minimum Gasteiger partial charge on any atom is -0.436 e. The van der Waals surface area contributed by atoms with Crippen molar-refractivity contribution in [2.45, 2.75) is 19.3 Å². The second kappa shape index (κ2) is 10.6. The summed E-state index contributed by atoms with van der Waals surface area (Å²) >= 11 is 0. The molecule has 0 spiro atoms. The maximum atomic E-state index is 6.38. The first-order chi connectivity index (χ1) is 23.1. The lowest BCUT2D eigenvalue weighted by atomic mass is 9.82. The molecular weight excluding hydrogens is 572 g/mol. The van der Waals surface area contributed by atoms with Gasteiger partial charge < -0.3 is 9.32 Å². The van der Waals surface area contributed by atoms with Gasteiger partial charge in [0.25, 0.3) is 0 Å². The van der Waals surface area contributed by atoms with Crippen molar-refractivity contribution in [3.05, 3.63) is 169 Å². The van der Waals surface area contributed by atoms with E-state index in [4.69, 9.17) is 9.40 Å². The van der Waals surface area contributed by atoms with Crippen LogP contribution in [0.15, 0.2) is 162 Å². The molecule has 0 saturated carbocycles. The Labute approximate surface area is 274 Å². The molecule has 0 amide bonds. The fourth-order valence-corrected chi connectivity index (χ4v) is 7.36. The Kier molecular flexibility index (Phi) is 6.16. The number of nitrogens with zero attached hydrogens (tertiary/aromatic N) is 2. The third kappa shape index (κ3) is 4.39. The Morgan fingerprint density at radius 3 is 2.04 bits per heavy atom.